The summed E-state index contributed by atoms with van der Waals surface area (Å²) in [5.74, 6) is 0.682. The molecule has 1 aromatic carbocycles. The Morgan fingerprint density at radius 3 is 2.90 bits per heavy atom. The van der Waals surface area contributed by atoms with Crippen LogP contribution in [0.5, 0.6) is 5.75 Å². The van der Waals surface area contributed by atoms with Crippen LogP contribution in [0.1, 0.15) is 25.8 Å². The summed E-state index contributed by atoms with van der Waals surface area (Å²) in [5.41, 5.74) is 6.72. The van der Waals surface area contributed by atoms with Gasteiger partial charge in [-0.25, -0.2) is 0 Å². The molecule has 0 bridgehead atoms. The van der Waals surface area contributed by atoms with Gasteiger partial charge in [-0.3, -0.25) is 0 Å². The largest absolute Gasteiger partial charge is 0.491 e. The molecule has 1 atom stereocenters. The Kier molecular flexibility index (Phi) is 5.19. The minimum Gasteiger partial charge on any atom is -0.491 e. The van der Waals surface area contributed by atoms with Crippen molar-refractivity contribution in [1.82, 2.24) is 4.90 Å². The molecule has 1 aliphatic rings. The molecule has 0 saturated carbocycles. The number of likely N-dealkylation sites (tertiary alicyclic amines) is 1. The van der Waals surface area contributed by atoms with Gasteiger partial charge < -0.3 is 20.5 Å². The van der Waals surface area contributed by atoms with Gasteiger partial charge in [-0.05, 0) is 30.5 Å². The molecule has 2 rings (SSSR count). The average Bonchev–Trinajstić information content (AvgIpc) is 2.76. The highest BCUT2D eigenvalue weighted by Crippen LogP contribution is 2.28. The molecule has 1 aromatic rings. The lowest BCUT2D eigenvalue weighted by molar-refractivity contribution is 0.0730. The summed E-state index contributed by atoms with van der Waals surface area (Å²) in [6.07, 6.45) is 0.684. The monoisotopic (exact) mass is 308 g/mol. The van der Waals surface area contributed by atoms with Gasteiger partial charge in [-0.15, -0.1) is 0 Å². The van der Waals surface area contributed by atoms with Crippen molar-refractivity contribution in [2.45, 2.75) is 26.4 Å². The standard InChI is InChI=1S/C16H24N2O2S/c1-16(2)6-7-18(11-16)9-13(19)10-20-14-5-3-4-12(8-14)15(17)21/h3-5,8,13,19H,6-7,9-11H2,1-2H3,(H2,17,21). The maximum atomic E-state index is 10.1. The highest BCUT2D eigenvalue weighted by molar-refractivity contribution is 7.80. The first-order valence-corrected chi connectivity index (χ1v) is 7.70. The fourth-order valence-corrected chi connectivity index (χ4v) is 2.79. The van der Waals surface area contributed by atoms with Crippen LogP contribution in [0.2, 0.25) is 0 Å². The highest BCUT2D eigenvalue weighted by atomic mass is 32.1. The maximum Gasteiger partial charge on any atom is 0.120 e. The summed E-state index contributed by atoms with van der Waals surface area (Å²) >= 11 is 4.94. The number of β-amino-alcohol motifs (C(OH)–C–C–N with tert-alkyl or cyclic N) is 1. The third-order valence-corrected chi connectivity index (χ3v) is 4.02. The lowest BCUT2D eigenvalue weighted by Crippen LogP contribution is -2.35. The minimum absolute atomic E-state index is 0.276. The quantitative estimate of drug-likeness (QED) is 0.785. The van der Waals surface area contributed by atoms with Crippen LogP contribution in [0, 0.1) is 5.41 Å². The van der Waals surface area contributed by atoms with Crippen molar-refractivity contribution < 1.29 is 9.84 Å². The molecular weight excluding hydrogens is 284 g/mol. The number of rotatable bonds is 6. The molecule has 1 unspecified atom stereocenters. The summed E-state index contributed by atoms with van der Waals surface area (Å²) in [5, 5.41) is 10.1. The van der Waals surface area contributed by atoms with Gasteiger partial charge in [0.15, 0.2) is 0 Å². The molecule has 0 radical (unpaired) electrons. The Hall–Kier alpha value is -1.17. The number of hydrogen-bond donors (Lipinski definition) is 2. The van der Waals surface area contributed by atoms with Crippen LogP contribution >= 0.6 is 12.2 Å². The number of hydrogen-bond acceptors (Lipinski definition) is 4. The van der Waals surface area contributed by atoms with Crippen LogP contribution in [-0.2, 0) is 0 Å². The van der Waals surface area contributed by atoms with Crippen LogP contribution in [-0.4, -0.2) is 47.3 Å². The molecule has 4 nitrogen and oxygen atoms in total. The first-order valence-electron chi connectivity index (χ1n) is 7.29. The average molecular weight is 308 g/mol. The van der Waals surface area contributed by atoms with E-state index in [4.69, 9.17) is 22.7 Å². The Labute approximate surface area is 131 Å². The normalized spacial score (nSPS) is 19.4. The summed E-state index contributed by atoms with van der Waals surface area (Å²) in [4.78, 5) is 2.64. The van der Waals surface area contributed by atoms with Gasteiger partial charge in [0.1, 0.15) is 23.4 Å². The number of ether oxygens (including phenoxy) is 1. The molecule has 1 saturated heterocycles. The zero-order valence-corrected chi connectivity index (χ0v) is 13.5. The number of aliphatic hydroxyl groups is 1. The second kappa shape index (κ2) is 6.73. The van der Waals surface area contributed by atoms with Crippen molar-refractivity contribution in [2.24, 2.45) is 11.1 Å². The van der Waals surface area contributed by atoms with Crippen LogP contribution in [0.25, 0.3) is 0 Å². The van der Waals surface area contributed by atoms with E-state index in [2.05, 4.69) is 18.7 Å². The van der Waals surface area contributed by atoms with E-state index in [1.165, 1.54) is 6.42 Å². The predicted octanol–water partition coefficient (Wildman–Crippen LogP) is 1.79. The Bertz CT molecular complexity index is 505. The molecule has 1 fully saturated rings. The van der Waals surface area contributed by atoms with Gasteiger partial charge in [-0.2, -0.15) is 0 Å². The topological polar surface area (TPSA) is 58.7 Å². The fourth-order valence-electron chi connectivity index (χ4n) is 2.66. The van der Waals surface area contributed by atoms with Gasteiger partial charge in [0, 0.05) is 18.7 Å². The van der Waals surface area contributed by atoms with Crippen molar-refractivity contribution in [3.63, 3.8) is 0 Å². The Morgan fingerprint density at radius 1 is 1.52 bits per heavy atom. The predicted molar refractivity (Wildman–Crippen MR) is 88.7 cm³/mol. The van der Waals surface area contributed by atoms with Gasteiger partial charge in [0.05, 0.1) is 0 Å². The van der Waals surface area contributed by atoms with Crippen molar-refractivity contribution in [3.05, 3.63) is 29.8 Å². The zero-order valence-electron chi connectivity index (χ0n) is 12.7. The van der Waals surface area contributed by atoms with Crippen LogP contribution in [0.3, 0.4) is 0 Å². The SMILES string of the molecule is CC1(C)CCN(CC(O)COc2cccc(C(N)=S)c2)C1. The van der Waals surface area contributed by atoms with E-state index in [1.807, 2.05) is 18.2 Å². The van der Waals surface area contributed by atoms with E-state index in [0.29, 0.717) is 22.7 Å². The molecule has 1 aliphatic heterocycles. The van der Waals surface area contributed by atoms with Crippen molar-refractivity contribution in [2.75, 3.05) is 26.2 Å². The molecule has 0 aromatic heterocycles. The van der Waals surface area contributed by atoms with Gasteiger partial charge in [0.2, 0.25) is 0 Å². The fraction of sp³-hybridized carbons (Fsp3) is 0.562. The Balaban J connectivity index is 1.80. The molecule has 21 heavy (non-hydrogen) atoms. The highest BCUT2D eigenvalue weighted by Gasteiger charge is 2.29. The van der Waals surface area contributed by atoms with E-state index in [9.17, 15) is 5.11 Å². The summed E-state index contributed by atoms with van der Waals surface area (Å²) in [6.45, 7) is 7.52. The number of aliphatic hydroxyl groups excluding tert-OH is 1. The van der Waals surface area contributed by atoms with Gasteiger partial charge in [-0.1, -0.05) is 38.2 Å². The van der Waals surface area contributed by atoms with Crippen molar-refractivity contribution in [1.29, 1.82) is 0 Å². The van der Waals surface area contributed by atoms with E-state index in [1.54, 1.807) is 6.07 Å². The van der Waals surface area contributed by atoms with E-state index >= 15 is 0 Å². The summed E-state index contributed by atoms with van der Waals surface area (Å²) in [7, 11) is 0. The lowest BCUT2D eigenvalue weighted by atomic mass is 9.93. The molecule has 116 valence electrons. The summed E-state index contributed by atoms with van der Waals surface area (Å²) in [6, 6.07) is 7.33. The van der Waals surface area contributed by atoms with E-state index in [-0.39, 0.29) is 6.61 Å². The number of thiocarbonyl (C=S) groups is 1. The van der Waals surface area contributed by atoms with Crippen LogP contribution < -0.4 is 10.5 Å². The van der Waals surface area contributed by atoms with Crippen molar-refractivity contribution >= 4 is 17.2 Å². The lowest BCUT2D eigenvalue weighted by Gasteiger charge is -2.22. The second-order valence-electron chi connectivity index (χ2n) is 6.51. The first kappa shape index (κ1) is 16.2. The number of benzene rings is 1. The minimum atomic E-state index is -0.493. The molecule has 0 aliphatic carbocycles. The zero-order chi connectivity index (χ0) is 15.5. The van der Waals surface area contributed by atoms with E-state index in [0.717, 1.165) is 18.7 Å². The molecule has 0 amide bonds. The van der Waals surface area contributed by atoms with Crippen LogP contribution in [0.15, 0.2) is 24.3 Å². The van der Waals surface area contributed by atoms with Crippen LogP contribution in [0.4, 0.5) is 0 Å². The molecule has 1 heterocycles. The van der Waals surface area contributed by atoms with Gasteiger partial charge >= 0.3 is 0 Å². The van der Waals surface area contributed by atoms with E-state index < -0.39 is 6.10 Å². The van der Waals surface area contributed by atoms with Crippen molar-refractivity contribution in [3.8, 4) is 5.75 Å². The summed E-state index contributed by atoms with van der Waals surface area (Å²) < 4.78 is 5.63. The molecule has 5 heteroatoms. The Morgan fingerprint density at radius 2 is 2.29 bits per heavy atom. The second-order valence-corrected chi connectivity index (χ2v) is 6.95. The maximum absolute atomic E-state index is 10.1. The smallest absolute Gasteiger partial charge is 0.120 e. The third-order valence-electron chi connectivity index (χ3n) is 3.79. The molecular formula is C16H24N2O2S. The molecule has 3 N–H and O–H groups in total. The first-order chi connectivity index (χ1) is 9.85. The molecule has 0 spiro atoms. The number of nitrogens with zero attached hydrogens (tertiary/aromatic N) is 1. The van der Waals surface area contributed by atoms with Gasteiger partial charge in [0.25, 0.3) is 0 Å². The number of nitrogens with two attached hydrogens (primary N) is 1. The third kappa shape index (κ3) is 4.95.